The lowest BCUT2D eigenvalue weighted by Gasteiger charge is -2.34. The lowest BCUT2D eigenvalue weighted by Crippen LogP contribution is -2.55. The second kappa shape index (κ2) is 9.28. The smallest absolute Gasteiger partial charge is 0.340 e. The van der Waals surface area contributed by atoms with Crippen molar-refractivity contribution in [2.75, 3.05) is 32.7 Å². The standard InChI is InChI=1S/C23H31N5O4/c1-17-5-7-18(8-6-17)15-20(30)27-13-11-26(12-14-27)16-19(29)25-28-21(31)23(24-22(28)32)9-3-2-4-10-23/h5-8H,2-4,9-16H2,1H3,(H,24,32)(H,25,29). The SMILES string of the molecule is Cc1ccc(CC(=O)N2CCN(CC(=O)NN3C(=O)NC4(CCCCC4)C3=O)CC2)cc1. The monoisotopic (exact) mass is 441 g/mol. The zero-order chi connectivity index (χ0) is 22.7. The van der Waals surface area contributed by atoms with E-state index in [0.717, 1.165) is 35.4 Å². The molecule has 3 aliphatic rings. The van der Waals surface area contributed by atoms with E-state index in [4.69, 9.17) is 0 Å². The average molecular weight is 442 g/mol. The van der Waals surface area contributed by atoms with Gasteiger partial charge in [-0.05, 0) is 25.3 Å². The highest BCUT2D eigenvalue weighted by atomic mass is 16.2. The van der Waals surface area contributed by atoms with Gasteiger partial charge in [0.1, 0.15) is 5.54 Å². The molecule has 9 nitrogen and oxygen atoms in total. The van der Waals surface area contributed by atoms with Crippen molar-refractivity contribution in [1.82, 2.24) is 25.6 Å². The molecule has 0 bridgehead atoms. The third-order valence-corrected chi connectivity index (χ3v) is 6.67. The average Bonchev–Trinajstić information content (AvgIpc) is 3.00. The second-order valence-corrected chi connectivity index (χ2v) is 9.07. The summed E-state index contributed by atoms with van der Waals surface area (Å²) in [4.78, 5) is 53.9. The van der Waals surface area contributed by atoms with Crippen LogP contribution >= 0.6 is 0 Å². The first-order valence-corrected chi connectivity index (χ1v) is 11.4. The summed E-state index contributed by atoms with van der Waals surface area (Å²) in [6.07, 6.45) is 4.43. The number of benzene rings is 1. The molecule has 2 aliphatic heterocycles. The Hall–Kier alpha value is -2.94. The van der Waals surface area contributed by atoms with Crippen LogP contribution in [-0.2, 0) is 20.8 Å². The number of hydrazine groups is 1. The molecular formula is C23H31N5O4. The number of nitrogens with zero attached hydrogens (tertiary/aromatic N) is 3. The highest BCUT2D eigenvalue weighted by Gasteiger charge is 2.52. The van der Waals surface area contributed by atoms with Gasteiger partial charge in [-0.15, -0.1) is 0 Å². The minimum Gasteiger partial charge on any atom is -0.340 e. The molecule has 172 valence electrons. The molecule has 2 saturated heterocycles. The van der Waals surface area contributed by atoms with Crippen LogP contribution in [0.3, 0.4) is 0 Å². The van der Waals surface area contributed by atoms with Gasteiger partial charge in [0.2, 0.25) is 5.91 Å². The fraction of sp³-hybridized carbons (Fsp3) is 0.565. The number of hydrogen-bond acceptors (Lipinski definition) is 5. The lowest BCUT2D eigenvalue weighted by atomic mass is 9.82. The maximum atomic E-state index is 12.8. The Morgan fingerprint density at radius 3 is 2.31 bits per heavy atom. The molecule has 0 atom stereocenters. The van der Waals surface area contributed by atoms with Crippen LogP contribution in [0.15, 0.2) is 24.3 Å². The van der Waals surface area contributed by atoms with Gasteiger partial charge in [-0.3, -0.25) is 24.7 Å². The fourth-order valence-corrected chi connectivity index (χ4v) is 4.73. The molecule has 32 heavy (non-hydrogen) atoms. The van der Waals surface area contributed by atoms with E-state index in [1.165, 1.54) is 0 Å². The summed E-state index contributed by atoms with van der Waals surface area (Å²) in [5.74, 6) is -0.682. The van der Waals surface area contributed by atoms with E-state index < -0.39 is 17.5 Å². The molecule has 1 aromatic rings. The van der Waals surface area contributed by atoms with Gasteiger partial charge >= 0.3 is 6.03 Å². The van der Waals surface area contributed by atoms with Crippen LogP contribution in [0.25, 0.3) is 0 Å². The van der Waals surface area contributed by atoms with Crippen LogP contribution in [0.2, 0.25) is 0 Å². The highest BCUT2D eigenvalue weighted by Crippen LogP contribution is 2.32. The van der Waals surface area contributed by atoms with Crippen LogP contribution < -0.4 is 10.7 Å². The zero-order valence-electron chi connectivity index (χ0n) is 18.6. The third-order valence-electron chi connectivity index (χ3n) is 6.67. The summed E-state index contributed by atoms with van der Waals surface area (Å²) in [6, 6.07) is 7.39. The number of nitrogens with one attached hydrogen (secondary N) is 2. The van der Waals surface area contributed by atoms with Crippen molar-refractivity contribution in [3.63, 3.8) is 0 Å². The maximum Gasteiger partial charge on any atom is 0.344 e. The minimum atomic E-state index is -0.855. The molecule has 0 radical (unpaired) electrons. The van der Waals surface area contributed by atoms with Crippen LogP contribution in [0.1, 0.15) is 43.2 Å². The Labute approximate surface area is 188 Å². The van der Waals surface area contributed by atoms with Crippen LogP contribution in [0.4, 0.5) is 4.79 Å². The zero-order valence-corrected chi connectivity index (χ0v) is 18.6. The Morgan fingerprint density at radius 2 is 1.66 bits per heavy atom. The number of imide groups is 1. The van der Waals surface area contributed by atoms with Crippen molar-refractivity contribution in [1.29, 1.82) is 0 Å². The maximum absolute atomic E-state index is 12.8. The van der Waals surface area contributed by atoms with Crippen LogP contribution in [-0.4, -0.2) is 76.8 Å². The summed E-state index contributed by atoms with van der Waals surface area (Å²) in [5.41, 5.74) is 3.78. The van der Waals surface area contributed by atoms with Crippen molar-refractivity contribution in [3.8, 4) is 0 Å². The van der Waals surface area contributed by atoms with E-state index in [2.05, 4.69) is 10.7 Å². The lowest BCUT2D eigenvalue weighted by molar-refractivity contribution is -0.140. The predicted octanol–water partition coefficient (Wildman–Crippen LogP) is 0.968. The number of urea groups is 1. The Bertz CT molecular complexity index is 886. The van der Waals surface area contributed by atoms with Gasteiger partial charge in [0.15, 0.2) is 0 Å². The van der Waals surface area contributed by atoms with E-state index in [9.17, 15) is 19.2 Å². The third kappa shape index (κ3) is 4.77. The number of rotatable bonds is 5. The van der Waals surface area contributed by atoms with Crippen LogP contribution in [0, 0.1) is 6.92 Å². The van der Waals surface area contributed by atoms with Gasteiger partial charge < -0.3 is 10.2 Å². The quantitative estimate of drug-likeness (QED) is 0.663. The fourth-order valence-electron chi connectivity index (χ4n) is 4.73. The van der Waals surface area contributed by atoms with Gasteiger partial charge in [0, 0.05) is 26.2 Å². The van der Waals surface area contributed by atoms with E-state index in [0.29, 0.717) is 45.4 Å². The van der Waals surface area contributed by atoms with Gasteiger partial charge in [0.05, 0.1) is 13.0 Å². The van der Waals surface area contributed by atoms with Gasteiger partial charge in [-0.2, -0.15) is 5.01 Å². The minimum absolute atomic E-state index is 0.0735. The van der Waals surface area contributed by atoms with Crippen molar-refractivity contribution in [2.24, 2.45) is 0 Å². The number of piperazine rings is 1. The number of amides is 5. The first kappa shape index (κ1) is 22.3. The number of carbonyl (C=O) groups excluding carboxylic acids is 4. The van der Waals surface area contributed by atoms with E-state index in [1.807, 2.05) is 41.0 Å². The van der Waals surface area contributed by atoms with E-state index in [-0.39, 0.29) is 18.4 Å². The molecule has 4 rings (SSSR count). The van der Waals surface area contributed by atoms with Crippen molar-refractivity contribution < 1.29 is 19.2 Å². The number of hydrogen-bond donors (Lipinski definition) is 2. The highest BCUT2D eigenvalue weighted by molar-refractivity contribution is 6.08. The summed E-state index contributed by atoms with van der Waals surface area (Å²) in [5, 5.41) is 3.63. The molecule has 0 unspecified atom stereocenters. The normalized spacial score (nSPS) is 21.0. The summed E-state index contributed by atoms with van der Waals surface area (Å²) < 4.78 is 0. The van der Waals surface area contributed by atoms with Gasteiger partial charge in [0.25, 0.3) is 11.8 Å². The molecule has 3 fully saturated rings. The van der Waals surface area contributed by atoms with Crippen molar-refractivity contribution >= 4 is 23.8 Å². The molecule has 1 saturated carbocycles. The summed E-state index contributed by atoms with van der Waals surface area (Å²) >= 11 is 0. The predicted molar refractivity (Wildman–Crippen MR) is 117 cm³/mol. The first-order valence-electron chi connectivity index (χ1n) is 11.4. The number of aryl methyl sites for hydroxylation is 1. The van der Waals surface area contributed by atoms with Crippen LogP contribution in [0.5, 0.6) is 0 Å². The molecule has 1 aliphatic carbocycles. The second-order valence-electron chi connectivity index (χ2n) is 9.07. The molecule has 1 aromatic carbocycles. The largest absolute Gasteiger partial charge is 0.344 e. The van der Waals surface area contributed by atoms with E-state index in [1.54, 1.807) is 0 Å². The molecule has 9 heteroatoms. The summed E-state index contributed by atoms with van der Waals surface area (Å²) in [6.45, 7) is 4.31. The Kier molecular flexibility index (Phi) is 6.45. The topological polar surface area (TPSA) is 102 Å². The Morgan fingerprint density at radius 1 is 1.00 bits per heavy atom. The first-order chi connectivity index (χ1) is 15.4. The summed E-state index contributed by atoms with van der Waals surface area (Å²) in [7, 11) is 0. The van der Waals surface area contributed by atoms with Gasteiger partial charge in [-0.1, -0.05) is 49.1 Å². The van der Waals surface area contributed by atoms with Crippen molar-refractivity contribution in [3.05, 3.63) is 35.4 Å². The van der Waals surface area contributed by atoms with E-state index >= 15 is 0 Å². The molecular weight excluding hydrogens is 410 g/mol. The number of carbonyl (C=O) groups is 4. The van der Waals surface area contributed by atoms with Crippen molar-refractivity contribution in [2.45, 2.75) is 51.0 Å². The molecule has 1 spiro atoms. The molecule has 5 amide bonds. The molecule has 0 aromatic heterocycles. The molecule has 2 N–H and O–H groups in total. The molecule has 2 heterocycles. The Balaban J connectivity index is 1.23. The van der Waals surface area contributed by atoms with Gasteiger partial charge in [-0.25, -0.2) is 4.79 Å².